The molecule has 0 N–H and O–H groups in total. The van der Waals surface area contributed by atoms with Crippen LogP contribution in [0.4, 0.5) is 13.2 Å². The predicted molar refractivity (Wildman–Crippen MR) is 128 cm³/mol. The average molecular weight is 467 g/mol. The van der Waals surface area contributed by atoms with E-state index in [1.165, 1.54) is 11.0 Å². The number of rotatable bonds is 5. The lowest BCUT2D eigenvalue weighted by atomic mass is 9.93. The Bertz CT molecular complexity index is 1270. The van der Waals surface area contributed by atoms with Crippen molar-refractivity contribution in [2.45, 2.75) is 18.8 Å². The minimum atomic E-state index is -2.73. The molecule has 1 aliphatic heterocycles. The standard InChI is InChI=1S/C27H25F3N2O2/c1-31(2)12-9-18-15-20(3-4-22(18)17-33)25-23-7-5-21(16-19(23)6-8-24(25)28)26(34)32-13-10-27(29,30)11-14-32/h3-9,12,15-17H,10-11,13-14H2,1-2H3/b12-9-. The molecule has 1 fully saturated rings. The van der Waals surface area contributed by atoms with E-state index in [0.29, 0.717) is 38.6 Å². The van der Waals surface area contributed by atoms with Gasteiger partial charge in [-0.1, -0.05) is 24.3 Å². The molecule has 0 aromatic heterocycles. The fourth-order valence-electron chi connectivity index (χ4n) is 4.16. The van der Waals surface area contributed by atoms with E-state index in [2.05, 4.69) is 0 Å². The molecule has 34 heavy (non-hydrogen) atoms. The summed E-state index contributed by atoms with van der Waals surface area (Å²) in [6.07, 6.45) is 3.66. The summed E-state index contributed by atoms with van der Waals surface area (Å²) in [4.78, 5) is 27.6. The van der Waals surface area contributed by atoms with Crippen molar-refractivity contribution in [3.63, 3.8) is 0 Å². The third-order valence-electron chi connectivity index (χ3n) is 6.05. The Morgan fingerprint density at radius 3 is 2.41 bits per heavy atom. The van der Waals surface area contributed by atoms with Crippen LogP contribution in [-0.2, 0) is 0 Å². The van der Waals surface area contributed by atoms with Crippen LogP contribution in [0.2, 0.25) is 0 Å². The molecule has 176 valence electrons. The number of fused-ring (bicyclic) bond motifs is 1. The van der Waals surface area contributed by atoms with Crippen LogP contribution in [-0.4, -0.2) is 55.1 Å². The van der Waals surface area contributed by atoms with E-state index >= 15 is 4.39 Å². The first-order valence-corrected chi connectivity index (χ1v) is 11.0. The molecular formula is C27H25F3N2O2. The molecule has 0 spiro atoms. The number of carbonyl (C=O) groups excluding carboxylic acids is 2. The van der Waals surface area contributed by atoms with Crippen molar-refractivity contribution in [3.05, 3.63) is 77.2 Å². The number of nitrogens with zero attached hydrogens (tertiary/aromatic N) is 2. The van der Waals surface area contributed by atoms with Gasteiger partial charge >= 0.3 is 0 Å². The molecule has 4 nitrogen and oxygen atoms in total. The molecule has 1 heterocycles. The van der Waals surface area contributed by atoms with Gasteiger partial charge in [0.15, 0.2) is 6.29 Å². The Balaban J connectivity index is 1.72. The second-order valence-corrected chi connectivity index (χ2v) is 8.75. The Morgan fingerprint density at radius 1 is 1.00 bits per heavy atom. The number of benzene rings is 3. The molecule has 0 radical (unpaired) electrons. The molecule has 0 atom stereocenters. The molecule has 7 heteroatoms. The maximum Gasteiger partial charge on any atom is 0.253 e. The zero-order chi connectivity index (χ0) is 24.5. The number of piperidine rings is 1. The van der Waals surface area contributed by atoms with Crippen molar-refractivity contribution >= 4 is 29.0 Å². The first-order chi connectivity index (χ1) is 16.2. The van der Waals surface area contributed by atoms with Crippen molar-refractivity contribution in [2.75, 3.05) is 27.2 Å². The normalized spacial score (nSPS) is 15.6. The van der Waals surface area contributed by atoms with Crippen molar-refractivity contribution in [1.82, 2.24) is 9.80 Å². The van der Waals surface area contributed by atoms with E-state index < -0.39 is 11.7 Å². The van der Waals surface area contributed by atoms with Gasteiger partial charge in [0.2, 0.25) is 0 Å². The molecule has 0 saturated carbocycles. The SMILES string of the molecule is CN(C)/C=C\c1cc(-c2c(F)ccc3cc(C(=O)N4CCC(F)(F)CC4)ccc23)ccc1C=O. The lowest BCUT2D eigenvalue weighted by molar-refractivity contribution is -0.0494. The predicted octanol–water partition coefficient (Wildman–Crippen LogP) is 5.86. The number of aldehydes is 1. The molecule has 1 amide bonds. The van der Waals surface area contributed by atoms with Crippen LogP contribution in [0.3, 0.4) is 0 Å². The molecule has 0 aliphatic carbocycles. The van der Waals surface area contributed by atoms with E-state index in [9.17, 15) is 18.4 Å². The van der Waals surface area contributed by atoms with Crippen molar-refractivity contribution in [3.8, 4) is 11.1 Å². The van der Waals surface area contributed by atoms with Gasteiger partial charge in [-0.25, -0.2) is 13.2 Å². The van der Waals surface area contributed by atoms with Crippen LogP contribution < -0.4 is 0 Å². The summed E-state index contributed by atoms with van der Waals surface area (Å²) < 4.78 is 41.9. The highest BCUT2D eigenvalue weighted by Gasteiger charge is 2.35. The van der Waals surface area contributed by atoms with Gasteiger partial charge < -0.3 is 9.80 Å². The fourth-order valence-corrected chi connectivity index (χ4v) is 4.16. The summed E-state index contributed by atoms with van der Waals surface area (Å²) in [5.41, 5.74) is 2.49. The topological polar surface area (TPSA) is 40.6 Å². The van der Waals surface area contributed by atoms with Gasteiger partial charge in [-0.05, 0) is 58.4 Å². The first-order valence-electron chi connectivity index (χ1n) is 11.0. The zero-order valence-corrected chi connectivity index (χ0v) is 19.0. The lowest BCUT2D eigenvalue weighted by Crippen LogP contribution is -2.42. The Hall–Kier alpha value is -3.61. The zero-order valence-electron chi connectivity index (χ0n) is 19.0. The highest BCUT2D eigenvalue weighted by Crippen LogP contribution is 2.34. The molecule has 4 rings (SSSR count). The number of hydrogen-bond donors (Lipinski definition) is 0. The minimum absolute atomic E-state index is 0.00482. The lowest BCUT2D eigenvalue weighted by Gasteiger charge is -2.31. The summed E-state index contributed by atoms with van der Waals surface area (Å²) in [5.74, 6) is -3.46. The molecule has 0 unspecified atom stereocenters. The summed E-state index contributed by atoms with van der Waals surface area (Å²) in [6, 6.07) is 13.0. The maximum atomic E-state index is 15.0. The summed E-state index contributed by atoms with van der Waals surface area (Å²) in [6.45, 7) is 0.00965. The van der Waals surface area contributed by atoms with Crippen LogP contribution in [0.1, 0.15) is 39.1 Å². The van der Waals surface area contributed by atoms with E-state index in [-0.39, 0.29) is 31.8 Å². The van der Waals surface area contributed by atoms with Gasteiger partial charge in [-0.2, -0.15) is 0 Å². The van der Waals surface area contributed by atoms with Gasteiger partial charge in [0.1, 0.15) is 5.82 Å². The third-order valence-corrected chi connectivity index (χ3v) is 6.05. The number of alkyl halides is 2. The Morgan fingerprint density at radius 2 is 1.74 bits per heavy atom. The van der Waals surface area contributed by atoms with E-state index in [4.69, 9.17) is 0 Å². The summed E-state index contributed by atoms with van der Waals surface area (Å²) in [7, 11) is 3.72. The molecular weight excluding hydrogens is 441 g/mol. The number of likely N-dealkylation sites (tertiary alicyclic amines) is 1. The monoisotopic (exact) mass is 466 g/mol. The maximum absolute atomic E-state index is 15.0. The van der Waals surface area contributed by atoms with Gasteiger partial charge in [-0.15, -0.1) is 0 Å². The Labute approximate surface area is 196 Å². The smallest absolute Gasteiger partial charge is 0.253 e. The van der Waals surface area contributed by atoms with Crippen LogP contribution in [0, 0.1) is 5.82 Å². The highest BCUT2D eigenvalue weighted by atomic mass is 19.3. The summed E-state index contributed by atoms with van der Waals surface area (Å²) >= 11 is 0. The number of carbonyl (C=O) groups is 2. The van der Waals surface area contributed by atoms with Crippen LogP contribution in [0.5, 0.6) is 0 Å². The van der Waals surface area contributed by atoms with E-state index in [0.717, 1.165) is 6.29 Å². The summed E-state index contributed by atoms with van der Waals surface area (Å²) in [5, 5.41) is 1.28. The van der Waals surface area contributed by atoms with Gasteiger partial charge in [0.05, 0.1) is 0 Å². The second kappa shape index (κ2) is 9.33. The van der Waals surface area contributed by atoms with Crippen molar-refractivity contribution in [1.29, 1.82) is 0 Å². The Kier molecular flexibility index (Phi) is 6.46. The molecule has 3 aromatic rings. The quantitative estimate of drug-likeness (QED) is 0.442. The van der Waals surface area contributed by atoms with Crippen LogP contribution in [0.25, 0.3) is 28.0 Å². The molecule has 1 saturated heterocycles. The largest absolute Gasteiger partial charge is 0.383 e. The molecule has 1 aliphatic rings. The van der Waals surface area contributed by atoms with Gasteiger partial charge in [-0.3, -0.25) is 9.59 Å². The molecule has 3 aromatic carbocycles. The number of halogens is 3. The van der Waals surface area contributed by atoms with Crippen LogP contribution in [0.15, 0.2) is 54.7 Å². The first kappa shape index (κ1) is 23.5. The third kappa shape index (κ3) is 4.83. The van der Waals surface area contributed by atoms with Gasteiger partial charge in [0.25, 0.3) is 11.8 Å². The van der Waals surface area contributed by atoms with Crippen LogP contribution >= 0.6 is 0 Å². The number of hydrogen-bond acceptors (Lipinski definition) is 3. The minimum Gasteiger partial charge on any atom is -0.383 e. The van der Waals surface area contributed by atoms with Gasteiger partial charge in [0, 0.05) is 56.7 Å². The number of amides is 1. The molecule has 0 bridgehead atoms. The second-order valence-electron chi connectivity index (χ2n) is 8.75. The van der Waals surface area contributed by atoms with E-state index in [1.54, 1.807) is 54.7 Å². The van der Waals surface area contributed by atoms with Crippen molar-refractivity contribution in [2.24, 2.45) is 0 Å². The van der Waals surface area contributed by atoms with Crippen molar-refractivity contribution < 1.29 is 22.8 Å². The highest BCUT2D eigenvalue weighted by molar-refractivity contribution is 6.03. The average Bonchev–Trinajstić information content (AvgIpc) is 2.81. The van der Waals surface area contributed by atoms with E-state index in [1.807, 2.05) is 19.0 Å². The fraction of sp³-hybridized carbons (Fsp3) is 0.259.